The van der Waals surface area contributed by atoms with Crippen LogP contribution in [-0.2, 0) is 10.3 Å². The summed E-state index contributed by atoms with van der Waals surface area (Å²) in [4.78, 5) is 33.6. The van der Waals surface area contributed by atoms with Crippen molar-refractivity contribution in [2.75, 3.05) is 19.6 Å². The molecule has 2 aromatic carbocycles. The number of hydrogen-bond donors (Lipinski definition) is 1. The number of likely N-dealkylation sites (tertiary alicyclic amines) is 1. The number of unbranched alkanes of at least 4 members (excludes halogenated alkanes) is 1. The normalized spacial score (nSPS) is 17.1. The smallest absolute Gasteiger partial charge is 0.408 e. The molecule has 216 valence electrons. The molecule has 0 spiro atoms. The third kappa shape index (κ3) is 6.33. The van der Waals surface area contributed by atoms with E-state index in [0.717, 1.165) is 69.8 Å². The van der Waals surface area contributed by atoms with Gasteiger partial charge in [-0.15, -0.1) is 0 Å². The topological polar surface area (TPSA) is 75.9 Å². The summed E-state index contributed by atoms with van der Waals surface area (Å²) in [5, 5.41) is 3.07. The van der Waals surface area contributed by atoms with Crippen LogP contribution in [0.25, 0.3) is 26.4 Å². The fourth-order valence-electron chi connectivity index (χ4n) is 5.83. The summed E-state index contributed by atoms with van der Waals surface area (Å²) in [6.45, 7) is 9.16. The number of hydrogen-bond acceptors (Lipinski definition) is 6. The molecule has 8 heteroatoms. The predicted octanol–water partition coefficient (Wildman–Crippen LogP) is 7.57. The first kappa shape index (κ1) is 27.9. The number of carbonyl (C=O) groups excluding carboxylic acids is 2. The average molecular weight is 573 g/mol. The highest BCUT2D eigenvalue weighted by Crippen LogP contribution is 2.46. The van der Waals surface area contributed by atoms with Gasteiger partial charge in [0.25, 0.3) is 0 Å². The minimum Gasteiger partial charge on any atom is -0.444 e. The molecule has 0 unspecified atom stereocenters. The summed E-state index contributed by atoms with van der Waals surface area (Å²) in [6.07, 6.45) is 10.1. The molecule has 1 saturated heterocycles. The van der Waals surface area contributed by atoms with Gasteiger partial charge in [-0.1, -0.05) is 42.0 Å². The maximum absolute atomic E-state index is 12.9. The van der Waals surface area contributed by atoms with Crippen LogP contribution in [0, 0.1) is 0 Å². The molecule has 1 aliphatic heterocycles. The van der Waals surface area contributed by atoms with Gasteiger partial charge in [-0.3, -0.25) is 9.20 Å². The molecule has 0 radical (unpaired) electrons. The first-order valence-electron chi connectivity index (χ1n) is 15.0. The number of thiazole rings is 1. The summed E-state index contributed by atoms with van der Waals surface area (Å²) < 4.78 is 8.66. The van der Waals surface area contributed by atoms with Crippen molar-refractivity contribution in [3.63, 3.8) is 0 Å². The molecular formula is C33H40N4O3S. The standard InChI is InChI=1S/C33H40N4O3S/c1-32(2,3)40-31(39)35-33(16-17-33)25-13-10-23(11-14-25)26-22-37-27-15-12-24(21-29(27)41-30(37)34-26)28(38)9-5-8-20-36-18-6-4-7-19-36/h10-15,21-22H,4-9,16-20H2,1-3H3,(H,35,39). The molecule has 4 aromatic rings. The van der Waals surface area contributed by atoms with E-state index >= 15 is 0 Å². The number of amides is 1. The van der Waals surface area contributed by atoms with Crippen molar-refractivity contribution < 1.29 is 14.3 Å². The average Bonchev–Trinajstić information content (AvgIpc) is 3.47. The van der Waals surface area contributed by atoms with Gasteiger partial charge in [0, 0.05) is 23.7 Å². The van der Waals surface area contributed by atoms with Crippen LogP contribution in [0.3, 0.4) is 0 Å². The van der Waals surface area contributed by atoms with Gasteiger partial charge in [-0.05, 0) is 103 Å². The SMILES string of the molecule is CC(C)(C)OC(=O)NC1(c2ccc(-c3cn4c(n3)sc3cc(C(=O)CCCCN5CCCCC5)ccc34)cc2)CC1. The van der Waals surface area contributed by atoms with E-state index in [9.17, 15) is 9.59 Å². The quantitative estimate of drug-likeness (QED) is 0.165. The maximum Gasteiger partial charge on any atom is 0.408 e. The van der Waals surface area contributed by atoms with Crippen LogP contribution in [0.15, 0.2) is 48.7 Å². The zero-order valence-corrected chi connectivity index (χ0v) is 25.2. The number of nitrogens with one attached hydrogen (secondary N) is 1. The Morgan fingerprint density at radius 3 is 2.49 bits per heavy atom. The van der Waals surface area contributed by atoms with E-state index in [0.29, 0.717) is 6.42 Å². The Labute approximate surface area is 245 Å². The van der Waals surface area contributed by atoms with Crippen LogP contribution in [-0.4, -0.2) is 51.4 Å². The van der Waals surface area contributed by atoms with E-state index in [1.807, 2.05) is 39.0 Å². The Kier molecular flexibility index (Phi) is 7.64. The lowest BCUT2D eigenvalue weighted by molar-refractivity contribution is 0.0495. The van der Waals surface area contributed by atoms with Crippen molar-refractivity contribution in [3.05, 3.63) is 59.8 Å². The van der Waals surface area contributed by atoms with Crippen LogP contribution in [0.2, 0.25) is 0 Å². The second-order valence-electron chi connectivity index (χ2n) is 12.6. The molecule has 3 heterocycles. The van der Waals surface area contributed by atoms with Crippen molar-refractivity contribution in [2.45, 2.75) is 83.3 Å². The lowest BCUT2D eigenvalue weighted by Crippen LogP contribution is -2.39. The predicted molar refractivity (Wildman–Crippen MR) is 165 cm³/mol. The summed E-state index contributed by atoms with van der Waals surface area (Å²) in [6, 6.07) is 14.3. The van der Waals surface area contributed by atoms with Crippen LogP contribution in [0.5, 0.6) is 0 Å². The molecule has 1 saturated carbocycles. The summed E-state index contributed by atoms with van der Waals surface area (Å²) in [5.41, 5.74) is 4.03. The number of benzene rings is 2. The molecular weight excluding hydrogens is 532 g/mol. The van der Waals surface area contributed by atoms with Gasteiger partial charge in [0.05, 0.1) is 21.4 Å². The Morgan fingerprint density at radius 2 is 1.78 bits per heavy atom. The first-order valence-corrected chi connectivity index (χ1v) is 15.8. The van der Waals surface area contributed by atoms with Crippen molar-refractivity contribution in [1.82, 2.24) is 19.6 Å². The van der Waals surface area contributed by atoms with Crippen LogP contribution in [0.4, 0.5) is 4.79 Å². The van der Waals surface area contributed by atoms with E-state index in [-0.39, 0.29) is 17.4 Å². The van der Waals surface area contributed by atoms with E-state index in [2.05, 4.69) is 45.1 Å². The largest absolute Gasteiger partial charge is 0.444 e. The minimum atomic E-state index is -0.522. The molecule has 7 nitrogen and oxygen atoms in total. The zero-order valence-electron chi connectivity index (χ0n) is 24.4. The van der Waals surface area contributed by atoms with Gasteiger partial charge in [0.15, 0.2) is 10.7 Å². The van der Waals surface area contributed by atoms with E-state index in [4.69, 9.17) is 9.72 Å². The number of carbonyl (C=O) groups is 2. The highest BCUT2D eigenvalue weighted by Gasteiger charge is 2.46. The Hall–Kier alpha value is -3.23. The number of piperidine rings is 1. The molecule has 0 bridgehead atoms. The van der Waals surface area contributed by atoms with Crippen molar-refractivity contribution in [2.24, 2.45) is 0 Å². The maximum atomic E-state index is 12.9. The molecule has 0 atom stereocenters. The fraction of sp³-hybridized carbons (Fsp3) is 0.485. The van der Waals surface area contributed by atoms with Crippen molar-refractivity contribution in [1.29, 1.82) is 0 Å². The molecule has 1 amide bonds. The van der Waals surface area contributed by atoms with Crippen LogP contribution >= 0.6 is 11.3 Å². The second-order valence-corrected chi connectivity index (χ2v) is 13.6. The first-order chi connectivity index (χ1) is 19.7. The Bertz CT molecular complexity index is 1550. The highest BCUT2D eigenvalue weighted by atomic mass is 32.1. The summed E-state index contributed by atoms with van der Waals surface area (Å²) >= 11 is 1.62. The Morgan fingerprint density at radius 1 is 1.02 bits per heavy atom. The van der Waals surface area contributed by atoms with Crippen molar-refractivity contribution in [3.8, 4) is 11.3 Å². The third-order valence-corrected chi connectivity index (χ3v) is 9.23. The molecule has 6 rings (SSSR count). The van der Waals surface area contributed by atoms with Gasteiger partial charge >= 0.3 is 6.09 Å². The Balaban J connectivity index is 1.10. The van der Waals surface area contributed by atoms with E-state index in [1.165, 1.54) is 32.4 Å². The van der Waals surface area contributed by atoms with Crippen molar-refractivity contribution >= 4 is 38.4 Å². The molecule has 2 fully saturated rings. The third-order valence-electron chi connectivity index (χ3n) is 8.22. The number of Topliss-reactive ketones (excluding diaryl/α,β-unsaturated/α-hetero) is 1. The lowest BCUT2D eigenvalue weighted by Gasteiger charge is -2.26. The molecule has 2 aromatic heterocycles. The molecule has 1 aliphatic carbocycles. The summed E-state index contributed by atoms with van der Waals surface area (Å²) in [5.74, 6) is 0.229. The number of ether oxygens (including phenoxy) is 1. The number of aromatic nitrogens is 2. The fourth-order valence-corrected chi connectivity index (χ4v) is 6.88. The number of ketones is 1. The number of imidazole rings is 1. The second kappa shape index (κ2) is 11.2. The number of nitrogens with zero attached hydrogens (tertiary/aromatic N) is 3. The number of rotatable bonds is 9. The van der Waals surface area contributed by atoms with Gasteiger partial charge in [0.1, 0.15) is 5.60 Å². The van der Waals surface area contributed by atoms with E-state index in [1.54, 1.807) is 11.3 Å². The molecule has 41 heavy (non-hydrogen) atoms. The molecule has 1 N–H and O–H groups in total. The zero-order chi connectivity index (χ0) is 28.6. The van der Waals surface area contributed by atoms with E-state index < -0.39 is 5.60 Å². The van der Waals surface area contributed by atoms with Gasteiger partial charge in [0.2, 0.25) is 0 Å². The lowest BCUT2D eigenvalue weighted by atomic mass is 10.0. The summed E-state index contributed by atoms with van der Waals surface area (Å²) in [7, 11) is 0. The van der Waals surface area contributed by atoms with Crippen LogP contribution in [0.1, 0.15) is 88.1 Å². The minimum absolute atomic E-state index is 0.229. The van der Waals surface area contributed by atoms with Gasteiger partial charge in [-0.2, -0.15) is 0 Å². The highest BCUT2D eigenvalue weighted by molar-refractivity contribution is 7.23. The van der Waals surface area contributed by atoms with Crippen LogP contribution < -0.4 is 5.32 Å². The monoisotopic (exact) mass is 572 g/mol. The molecule has 2 aliphatic rings. The van der Waals surface area contributed by atoms with Gasteiger partial charge < -0.3 is 15.0 Å². The van der Waals surface area contributed by atoms with Gasteiger partial charge in [-0.25, -0.2) is 9.78 Å². The number of alkyl carbamates (subject to hydrolysis) is 1. The number of fused-ring (bicyclic) bond motifs is 3.